The van der Waals surface area contributed by atoms with Crippen molar-refractivity contribution in [3.05, 3.63) is 240 Å². The number of fused-ring (bicyclic) bond motifs is 2. The summed E-state index contributed by atoms with van der Waals surface area (Å²) < 4.78 is 20.8. The minimum absolute atomic E-state index is 0.0244. The molecule has 0 bridgehead atoms. The Morgan fingerprint density at radius 2 is 1.26 bits per heavy atom. The topological polar surface area (TPSA) is 205 Å². The summed E-state index contributed by atoms with van der Waals surface area (Å²) >= 11 is 13.5. The smallest absolute Gasteiger partial charge is 0.187 e. The molecular weight excluding hydrogens is 1060 g/mol. The zero-order chi connectivity index (χ0) is 59.4. The zero-order valence-corrected chi connectivity index (χ0v) is 46.6. The molecule has 2 N–H and O–H groups in total. The van der Waals surface area contributed by atoms with E-state index >= 15 is 0 Å². The Kier molecular flexibility index (Phi) is 17.8. The molecule has 2 aliphatic carbocycles. The molecule has 0 unspecified atom stereocenters. The predicted molar refractivity (Wildman–Crippen MR) is 324 cm³/mol. The maximum absolute atomic E-state index is 10.0. The molecule has 2 aliphatic rings. The van der Waals surface area contributed by atoms with Crippen LogP contribution in [0, 0.1) is 52.9 Å². The number of azide groups is 1. The molecule has 82 heavy (non-hydrogen) atoms. The molecule has 0 aliphatic heterocycles. The lowest BCUT2D eigenvalue weighted by molar-refractivity contribution is 0.562. The average molecular weight is 1120 g/mol. The van der Waals surface area contributed by atoms with Crippen molar-refractivity contribution in [2.24, 2.45) is 5.11 Å². The van der Waals surface area contributed by atoms with Gasteiger partial charge in [0.05, 0.1) is 91.8 Å². The van der Waals surface area contributed by atoms with Gasteiger partial charge >= 0.3 is 0 Å². The highest BCUT2D eigenvalue weighted by atomic mass is 35.5. The van der Waals surface area contributed by atoms with Crippen LogP contribution in [0.25, 0.3) is 37.1 Å². The lowest BCUT2D eigenvalue weighted by Crippen LogP contribution is -2.13. The summed E-state index contributed by atoms with van der Waals surface area (Å²) in [7, 11) is 0. The third-order valence-electron chi connectivity index (χ3n) is 14.2. The predicted octanol–water partition coefficient (Wildman–Crippen LogP) is 16.8. The number of nitrogens with one attached hydrogen (secondary N) is 2. The Hall–Kier alpha value is -9.71. The van der Waals surface area contributed by atoms with Gasteiger partial charge in [-0.2, -0.15) is 15.8 Å². The Labute approximate surface area is 490 Å². The molecule has 0 amide bonds. The Morgan fingerprint density at radius 3 is 1.74 bits per heavy atom. The summed E-state index contributed by atoms with van der Waals surface area (Å²) in [6.45, 7) is 11.5. The van der Waals surface area contributed by atoms with E-state index in [9.17, 15) is 17.2 Å². The molecule has 11 rings (SSSR count). The van der Waals surface area contributed by atoms with Crippen LogP contribution < -0.4 is 10.6 Å². The monoisotopic (exact) mass is 1120 g/mol. The molecule has 14 nitrogen and oxygen atoms in total. The Balaban J connectivity index is 0.000000185. The van der Waals surface area contributed by atoms with E-state index in [1.165, 1.54) is 6.20 Å². The van der Waals surface area contributed by atoms with Gasteiger partial charge in [0.15, 0.2) is 5.69 Å². The summed E-state index contributed by atoms with van der Waals surface area (Å²) in [5.74, 6) is -0.108. The van der Waals surface area contributed by atoms with E-state index in [4.69, 9.17) is 43.1 Å². The Bertz CT molecular complexity index is 4150. The maximum atomic E-state index is 10.0. The molecule has 2 saturated carbocycles. The molecule has 0 spiro atoms. The lowest BCUT2D eigenvalue weighted by Gasteiger charge is -2.22. The molecule has 4 atom stereocenters. The van der Waals surface area contributed by atoms with Crippen molar-refractivity contribution in [3.8, 4) is 30.6 Å². The molecule has 3 aromatic heterocycles. The van der Waals surface area contributed by atoms with Gasteiger partial charge in [-0.3, -0.25) is 9.97 Å². The van der Waals surface area contributed by atoms with E-state index in [1.807, 2.05) is 77.5 Å². The van der Waals surface area contributed by atoms with Gasteiger partial charge in [-0.25, -0.2) is 9.53 Å². The van der Waals surface area contributed by atoms with Crippen LogP contribution in [0.3, 0.4) is 0 Å². The van der Waals surface area contributed by atoms with E-state index in [1.54, 1.807) is 60.9 Å². The number of nitrogens with zero attached hydrogens (tertiary/aromatic N) is 12. The quantitative estimate of drug-likeness (QED) is 0.0292. The van der Waals surface area contributed by atoms with Crippen LogP contribution in [-0.4, -0.2) is 31.0 Å². The second-order valence-corrected chi connectivity index (χ2v) is 20.7. The van der Waals surface area contributed by atoms with Crippen LogP contribution in [0.4, 0.5) is 17.1 Å². The lowest BCUT2D eigenvalue weighted by atomic mass is 9.88. The van der Waals surface area contributed by atoms with Crippen LogP contribution >= 0.6 is 23.2 Å². The molecule has 9 aromatic rings. The number of aromatic nitrogens is 5. The van der Waals surface area contributed by atoms with Crippen molar-refractivity contribution in [3.63, 3.8) is 0 Å². The molecular formula is C66H56Cl2N14. The van der Waals surface area contributed by atoms with Gasteiger partial charge in [0.2, 0.25) is 0 Å². The van der Waals surface area contributed by atoms with Crippen molar-refractivity contribution in [2.45, 2.75) is 101 Å². The number of hydrogen-bond acceptors (Lipinski definition) is 10. The van der Waals surface area contributed by atoms with E-state index < -0.39 is 11.8 Å². The van der Waals surface area contributed by atoms with Crippen molar-refractivity contribution >= 4 is 62.1 Å². The first-order valence-corrected chi connectivity index (χ1v) is 27.6. The number of benzene rings is 6. The second kappa shape index (κ2) is 27.0. The zero-order valence-electron chi connectivity index (χ0n) is 47.1. The Morgan fingerprint density at radius 1 is 0.707 bits per heavy atom. The van der Waals surface area contributed by atoms with E-state index in [0.29, 0.717) is 88.5 Å². The normalized spacial score (nSPS) is 14.9. The van der Waals surface area contributed by atoms with Crippen LogP contribution in [0.5, 0.6) is 0 Å². The van der Waals surface area contributed by atoms with Gasteiger partial charge in [0.25, 0.3) is 0 Å². The van der Waals surface area contributed by atoms with E-state index in [0.717, 1.165) is 60.8 Å². The van der Waals surface area contributed by atoms with Gasteiger partial charge in [0.1, 0.15) is 12.1 Å². The van der Waals surface area contributed by atoms with Crippen LogP contribution in [0.2, 0.25) is 10.0 Å². The number of hydrogen-bond donors (Lipinski definition) is 2. The van der Waals surface area contributed by atoms with Gasteiger partial charge in [-0.15, -0.1) is 11.5 Å². The van der Waals surface area contributed by atoms with Crippen LogP contribution in [0.15, 0.2) is 157 Å². The number of terminal acetylenes is 1. The molecule has 0 radical (unpaired) electrons. The third-order valence-corrected chi connectivity index (χ3v) is 14.8. The number of nitriles is 3. The minimum Gasteiger partial charge on any atom is -0.377 e. The van der Waals surface area contributed by atoms with Gasteiger partial charge < -0.3 is 10.6 Å². The number of rotatable bonds is 17. The standard InChI is InChI=1S/C33H28ClN7.C30H23ClN4.C3H5N3/c1-2-30(23-8-4-3-5-9-23)39-32-25(18-36)19-37-33-28(32)15-22(16-29(33)34)14-27(24-10-6-7-21(13-24)17-35)31-20-38-40-41(31)26-11-12-26;1-4-21(23-12-9-13-25(17-23)33-3)14-20-15-26-29(24(18-32)19-34-30(26)27(31)16-20)35-28(5-2)22-10-7-6-8-11-22;4-6-5-3-1-2-3/h3-10,13,15-16,19-20,26-27,30H,2,11-12,14H2,1H3,(H,37,39);1,6-13,15-17,19,21,28H,5,14H2,2H3,(H,34,35);3H,1-2H2/t27-,30-;21-,28-;/m11./s1/i27D;21D;. The molecule has 3 heterocycles. The van der Waals surface area contributed by atoms with Crippen molar-refractivity contribution in [2.75, 3.05) is 10.6 Å². The summed E-state index contributed by atoms with van der Waals surface area (Å²) in [4.78, 5) is 15.1. The van der Waals surface area contributed by atoms with E-state index in [2.05, 4.69) is 95.9 Å². The van der Waals surface area contributed by atoms with Crippen LogP contribution in [-0.2, 0) is 12.8 Å². The third kappa shape index (κ3) is 13.6. The maximum Gasteiger partial charge on any atom is 0.187 e. The van der Waals surface area contributed by atoms with Crippen LogP contribution in [0.1, 0.15) is 141 Å². The molecule has 2 fully saturated rings. The number of halogens is 2. The summed E-state index contributed by atoms with van der Waals surface area (Å²) in [6.07, 6.45) is 16.8. The fraction of sp³-hybridized carbons (Fsp3) is 0.242. The molecule has 404 valence electrons. The highest BCUT2D eigenvalue weighted by Gasteiger charge is 2.31. The first-order chi connectivity index (χ1) is 40.8. The van der Waals surface area contributed by atoms with Crippen molar-refractivity contribution in [1.29, 1.82) is 15.8 Å². The first-order valence-electron chi connectivity index (χ1n) is 27.9. The highest BCUT2D eigenvalue weighted by Crippen LogP contribution is 2.41. The molecule has 16 heteroatoms. The molecule has 6 aromatic carbocycles. The molecule has 0 saturated heterocycles. The fourth-order valence-corrected chi connectivity index (χ4v) is 10.3. The van der Waals surface area contributed by atoms with Gasteiger partial charge in [-0.1, -0.05) is 150 Å². The number of anilines is 2. The second-order valence-electron chi connectivity index (χ2n) is 19.8. The van der Waals surface area contributed by atoms with Gasteiger partial charge in [0, 0.05) is 48.6 Å². The highest BCUT2D eigenvalue weighted by molar-refractivity contribution is 6.36. The fourth-order valence-electron chi connectivity index (χ4n) is 9.71. The van der Waals surface area contributed by atoms with Crippen molar-refractivity contribution in [1.82, 2.24) is 25.0 Å². The minimum atomic E-state index is -1.40. The SMILES string of the molecule is [2H][C@@](C#C)(Cc1cc(Cl)c2ncc(C#N)c(N[C@H](CC)c3ccccc3)c2c1)c1cccc([N+]#[C-])c1.[2H][C@@](Cc1cc(Cl)c2ncc(C#N)c(N[C@H](CC)c3ccccc3)c2c1)(c1cccc(C#N)c1)c1cnnn1C1CC1.[N-]=[N+]=NC1CC1. The first kappa shape index (κ1) is 54.3. The summed E-state index contributed by atoms with van der Waals surface area (Å²) in [5.41, 5.74) is 17.6. The van der Waals surface area contributed by atoms with E-state index in [-0.39, 0.29) is 31.0 Å². The summed E-state index contributed by atoms with van der Waals surface area (Å²) in [6, 6.07) is 48.9. The summed E-state index contributed by atoms with van der Waals surface area (Å²) in [5, 5.41) is 50.8. The largest absolute Gasteiger partial charge is 0.377 e. The number of pyridine rings is 2. The average Bonchev–Trinajstić information content (AvgIpc) is 4.30. The van der Waals surface area contributed by atoms with Crippen molar-refractivity contribution < 1.29 is 2.74 Å². The van der Waals surface area contributed by atoms with Gasteiger partial charge in [-0.05, 0) is 127 Å².